The van der Waals surface area contributed by atoms with Crippen molar-refractivity contribution in [1.82, 2.24) is 15.5 Å². The van der Waals surface area contributed by atoms with E-state index in [0.29, 0.717) is 27.8 Å². The Bertz CT molecular complexity index is 839. The lowest BCUT2D eigenvalue weighted by molar-refractivity contribution is 0.250. The van der Waals surface area contributed by atoms with Crippen LogP contribution < -0.4 is 10.6 Å². The van der Waals surface area contributed by atoms with Crippen molar-refractivity contribution in [3.05, 3.63) is 41.1 Å². The van der Waals surface area contributed by atoms with Gasteiger partial charge in [0.25, 0.3) is 5.89 Å². The number of amides is 2. The number of carbonyl (C=O) groups is 1. The second-order valence-electron chi connectivity index (χ2n) is 5.36. The summed E-state index contributed by atoms with van der Waals surface area (Å²) in [6.07, 6.45) is 0. The zero-order valence-electron chi connectivity index (χ0n) is 13.0. The third kappa shape index (κ3) is 3.83. The van der Waals surface area contributed by atoms with Crippen LogP contribution in [0.5, 0.6) is 0 Å². The number of hydrogen-bond donors (Lipinski definition) is 2. The molecule has 0 saturated carbocycles. The maximum absolute atomic E-state index is 11.7. The van der Waals surface area contributed by atoms with Gasteiger partial charge in [-0.15, -0.1) is 0 Å². The molecule has 0 aliphatic carbocycles. The summed E-state index contributed by atoms with van der Waals surface area (Å²) in [6, 6.07) is 10.5. The minimum absolute atomic E-state index is 0.0728. The summed E-state index contributed by atoms with van der Waals surface area (Å²) in [5.74, 6) is 1.23. The molecule has 0 atom stereocenters. The molecule has 0 unspecified atom stereocenters. The highest BCUT2D eigenvalue weighted by Gasteiger charge is 2.14. The molecule has 2 aromatic heterocycles. The molecule has 0 aliphatic rings. The number of nitrogens with zero attached hydrogens (tertiary/aromatic N) is 2. The van der Waals surface area contributed by atoms with E-state index in [1.165, 1.54) is 0 Å². The van der Waals surface area contributed by atoms with E-state index >= 15 is 0 Å². The van der Waals surface area contributed by atoms with Crippen LogP contribution >= 0.6 is 15.9 Å². The molecule has 0 saturated heterocycles. The molecular formula is C16H15BrN4O3. The lowest BCUT2D eigenvalue weighted by atomic mass is 10.2. The average Bonchev–Trinajstić information content (AvgIpc) is 3.16. The number of furan rings is 1. The Morgan fingerprint density at radius 1 is 1.17 bits per heavy atom. The van der Waals surface area contributed by atoms with Crippen LogP contribution in [0.4, 0.5) is 10.5 Å². The SMILES string of the molecule is CC(C)NC(=O)Nc1ccc(-c2noc(-c3ccc(Br)o3)n2)cc1. The van der Waals surface area contributed by atoms with E-state index in [0.717, 1.165) is 5.56 Å². The van der Waals surface area contributed by atoms with E-state index in [1.54, 1.807) is 36.4 Å². The average molecular weight is 391 g/mol. The van der Waals surface area contributed by atoms with Gasteiger partial charge in [-0.1, -0.05) is 5.16 Å². The Morgan fingerprint density at radius 3 is 2.54 bits per heavy atom. The van der Waals surface area contributed by atoms with Crippen LogP contribution in [0.2, 0.25) is 0 Å². The predicted molar refractivity (Wildman–Crippen MR) is 92.4 cm³/mol. The Kier molecular flexibility index (Phi) is 4.66. The highest BCUT2D eigenvalue weighted by Crippen LogP contribution is 2.26. The molecule has 2 heterocycles. The Hall–Kier alpha value is -2.61. The first-order valence-electron chi connectivity index (χ1n) is 7.28. The van der Waals surface area contributed by atoms with Gasteiger partial charge >= 0.3 is 6.03 Å². The van der Waals surface area contributed by atoms with Crippen molar-refractivity contribution in [2.45, 2.75) is 19.9 Å². The minimum atomic E-state index is -0.247. The molecule has 24 heavy (non-hydrogen) atoms. The van der Waals surface area contributed by atoms with Crippen molar-refractivity contribution in [3.63, 3.8) is 0 Å². The zero-order chi connectivity index (χ0) is 17.1. The van der Waals surface area contributed by atoms with Gasteiger partial charge in [0.15, 0.2) is 10.4 Å². The molecule has 3 aromatic rings. The first-order valence-corrected chi connectivity index (χ1v) is 8.08. The second kappa shape index (κ2) is 6.88. The fourth-order valence-corrected chi connectivity index (χ4v) is 2.31. The molecule has 0 aliphatic heterocycles. The Labute approximate surface area is 146 Å². The lowest BCUT2D eigenvalue weighted by Crippen LogP contribution is -2.34. The molecule has 1 aromatic carbocycles. The van der Waals surface area contributed by atoms with Gasteiger partial charge in [-0.2, -0.15) is 4.98 Å². The molecule has 3 rings (SSSR count). The van der Waals surface area contributed by atoms with Crippen LogP contribution in [0.15, 0.2) is 50.0 Å². The van der Waals surface area contributed by atoms with Crippen molar-refractivity contribution in [1.29, 1.82) is 0 Å². The van der Waals surface area contributed by atoms with Crippen LogP contribution in [0, 0.1) is 0 Å². The van der Waals surface area contributed by atoms with E-state index in [4.69, 9.17) is 8.94 Å². The normalized spacial score (nSPS) is 10.8. The molecule has 8 heteroatoms. The number of benzene rings is 1. The maximum atomic E-state index is 11.7. The van der Waals surface area contributed by atoms with Gasteiger partial charge in [0, 0.05) is 17.3 Å². The number of hydrogen-bond acceptors (Lipinski definition) is 5. The molecule has 0 fully saturated rings. The molecular weight excluding hydrogens is 376 g/mol. The van der Waals surface area contributed by atoms with E-state index in [1.807, 2.05) is 13.8 Å². The van der Waals surface area contributed by atoms with Crippen LogP contribution in [0.3, 0.4) is 0 Å². The summed E-state index contributed by atoms with van der Waals surface area (Å²) in [5.41, 5.74) is 1.45. The number of urea groups is 1. The van der Waals surface area contributed by atoms with Gasteiger partial charge in [-0.3, -0.25) is 0 Å². The number of nitrogens with one attached hydrogen (secondary N) is 2. The summed E-state index contributed by atoms with van der Waals surface area (Å²) < 4.78 is 11.2. The smallest absolute Gasteiger partial charge is 0.319 e. The molecule has 0 spiro atoms. The predicted octanol–water partition coefficient (Wildman–Crippen LogP) is 4.29. The number of anilines is 1. The van der Waals surface area contributed by atoms with Gasteiger partial charge in [0.2, 0.25) is 5.82 Å². The summed E-state index contributed by atoms with van der Waals surface area (Å²) in [5, 5.41) is 9.45. The highest BCUT2D eigenvalue weighted by atomic mass is 79.9. The monoisotopic (exact) mass is 390 g/mol. The Morgan fingerprint density at radius 2 is 1.92 bits per heavy atom. The fraction of sp³-hybridized carbons (Fsp3) is 0.188. The van der Waals surface area contributed by atoms with Gasteiger partial charge in [-0.05, 0) is 66.2 Å². The summed E-state index contributed by atoms with van der Waals surface area (Å²) in [7, 11) is 0. The van der Waals surface area contributed by atoms with Gasteiger partial charge < -0.3 is 19.6 Å². The van der Waals surface area contributed by atoms with Crippen molar-refractivity contribution < 1.29 is 13.7 Å². The third-order valence-corrected chi connectivity index (χ3v) is 3.46. The number of rotatable bonds is 4. The van der Waals surface area contributed by atoms with Crippen LogP contribution in [0.25, 0.3) is 23.0 Å². The molecule has 0 radical (unpaired) electrons. The molecule has 2 amide bonds. The molecule has 7 nitrogen and oxygen atoms in total. The largest absolute Gasteiger partial charge is 0.444 e. The fourth-order valence-electron chi connectivity index (χ4n) is 2.00. The van der Waals surface area contributed by atoms with Crippen molar-refractivity contribution in [2.24, 2.45) is 0 Å². The highest BCUT2D eigenvalue weighted by molar-refractivity contribution is 9.10. The first-order chi connectivity index (χ1) is 11.5. The summed E-state index contributed by atoms with van der Waals surface area (Å²) >= 11 is 3.23. The standard InChI is InChI=1S/C16H15BrN4O3/c1-9(2)18-16(22)19-11-5-3-10(4-6-11)14-20-15(24-21-14)12-7-8-13(17)23-12/h3-9H,1-2H3,(H2,18,19,22). The maximum Gasteiger partial charge on any atom is 0.319 e. The second-order valence-corrected chi connectivity index (χ2v) is 6.14. The number of halogens is 1. The van der Waals surface area contributed by atoms with Crippen LogP contribution in [-0.2, 0) is 0 Å². The topological polar surface area (TPSA) is 93.2 Å². The van der Waals surface area contributed by atoms with Crippen molar-refractivity contribution in [2.75, 3.05) is 5.32 Å². The molecule has 2 N–H and O–H groups in total. The van der Waals surface area contributed by atoms with E-state index in [2.05, 4.69) is 36.7 Å². The van der Waals surface area contributed by atoms with E-state index in [9.17, 15) is 4.79 Å². The third-order valence-electron chi connectivity index (χ3n) is 3.03. The Balaban J connectivity index is 1.72. The number of carbonyl (C=O) groups excluding carboxylic acids is 1. The van der Waals surface area contributed by atoms with E-state index < -0.39 is 0 Å². The van der Waals surface area contributed by atoms with Crippen molar-refractivity contribution >= 4 is 27.6 Å². The minimum Gasteiger partial charge on any atom is -0.444 e. The van der Waals surface area contributed by atoms with Crippen molar-refractivity contribution in [3.8, 4) is 23.0 Å². The van der Waals surface area contributed by atoms with Gasteiger partial charge in [-0.25, -0.2) is 4.79 Å². The van der Waals surface area contributed by atoms with Gasteiger partial charge in [0.1, 0.15) is 0 Å². The lowest BCUT2D eigenvalue weighted by Gasteiger charge is -2.10. The number of aromatic nitrogens is 2. The molecule has 0 bridgehead atoms. The molecule has 124 valence electrons. The van der Waals surface area contributed by atoms with E-state index in [-0.39, 0.29) is 12.1 Å². The zero-order valence-corrected chi connectivity index (χ0v) is 14.6. The summed E-state index contributed by atoms with van der Waals surface area (Å²) in [6.45, 7) is 3.79. The van der Waals surface area contributed by atoms with Crippen LogP contribution in [0.1, 0.15) is 13.8 Å². The first kappa shape index (κ1) is 16.3. The van der Waals surface area contributed by atoms with Gasteiger partial charge in [0.05, 0.1) is 0 Å². The quantitative estimate of drug-likeness (QED) is 0.692. The summed E-state index contributed by atoms with van der Waals surface area (Å²) in [4.78, 5) is 16.0. The van der Waals surface area contributed by atoms with Crippen LogP contribution in [-0.4, -0.2) is 22.2 Å².